The molecule has 0 aromatic rings. The molecule has 0 aromatic heterocycles. The first-order valence-corrected chi connectivity index (χ1v) is 7.54. The zero-order chi connectivity index (χ0) is 17.8. The van der Waals surface area contributed by atoms with Gasteiger partial charge in [0, 0.05) is 14.0 Å². The summed E-state index contributed by atoms with van der Waals surface area (Å²) in [5.74, 6) is -2.43. The van der Waals surface area contributed by atoms with E-state index in [2.05, 4.69) is 0 Å². The van der Waals surface area contributed by atoms with E-state index in [1.54, 1.807) is 19.9 Å². The van der Waals surface area contributed by atoms with Crippen molar-refractivity contribution >= 4 is 11.9 Å². The molecule has 1 aliphatic rings. The lowest BCUT2D eigenvalue weighted by Gasteiger charge is -2.26. The molecule has 7 heteroatoms. The zero-order valence-corrected chi connectivity index (χ0v) is 14.4. The molecule has 4 atom stereocenters. The van der Waals surface area contributed by atoms with Crippen molar-refractivity contribution in [2.75, 3.05) is 7.11 Å². The van der Waals surface area contributed by atoms with Crippen molar-refractivity contribution < 1.29 is 33.6 Å². The first kappa shape index (κ1) is 19.6. The molecule has 7 nitrogen and oxygen atoms in total. The Bertz CT molecular complexity index is 455. The Labute approximate surface area is 136 Å². The average Bonchev–Trinajstić information content (AvgIpc) is 2.70. The molecule has 1 N–H and O–H groups in total. The second kappa shape index (κ2) is 7.90. The third kappa shape index (κ3) is 5.60. The number of hydrogen-bond acceptors (Lipinski definition) is 6. The Morgan fingerprint density at radius 1 is 1.17 bits per heavy atom. The molecule has 1 rings (SSSR count). The molecule has 0 bridgehead atoms. The fourth-order valence-corrected chi connectivity index (χ4v) is 2.42. The lowest BCUT2D eigenvalue weighted by Crippen LogP contribution is -2.47. The van der Waals surface area contributed by atoms with Crippen molar-refractivity contribution in [3.8, 4) is 0 Å². The fourth-order valence-electron chi connectivity index (χ4n) is 2.42. The van der Waals surface area contributed by atoms with Crippen LogP contribution < -0.4 is 0 Å². The summed E-state index contributed by atoms with van der Waals surface area (Å²) in [7, 11) is 1.29. The van der Waals surface area contributed by atoms with Gasteiger partial charge < -0.3 is 24.1 Å². The Hall–Kier alpha value is -1.44. The molecule has 0 amide bonds. The van der Waals surface area contributed by atoms with Crippen LogP contribution in [0.5, 0.6) is 0 Å². The van der Waals surface area contributed by atoms with Crippen LogP contribution in [0.25, 0.3) is 0 Å². The summed E-state index contributed by atoms with van der Waals surface area (Å²) in [5.41, 5.74) is 0. The van der Waals surface area contributed by atoms with Crippen molar-refractivity contribution in [3.05, 3.63) is 12.2 Å². The summed E-state index contributed by atoms with van der Waals surface area (Å²) in [6, 6.07) is 0. The number of carbonyl (C=O) groups is 2. The predicted octanol–water partition coefficient (Wildman–Crippen LogP) is 1.75. The largest absolute Gasteiger partial charge is 0.479 e. The number of carboxylic acid groups (broad SMARTS) is 1. The van der Waals surface area contributed by atoms with Crippen molar-refractivity contribution in [3.63, 3.8) is 0 Å². The van der Waals surface area contributed by atoms with Crippen LogP contribution in [-0.2, 0) is 28.5 Å². The highest BCUT2D eigenvalue weighted by atomic mass is 16.8. The maximum Gasteiger partial charge on any atom is 0.335 e. The van der Waals surface area contributed by atoms with Gasteiger partial charge in [0.05, 0.1) is 0 Å². The molecule has 0 aromatic carbocycles. The Balaban J connectivity index is 3.12. The topological polar surface area (TPSA) is 91.3 Å². The van der Waals surface area contributed by atoms with Crippen LogP contribution in [0, 0.1) is 5.92 Å². The van der Waals surface area contributed by atoms with Gasteiger partial charge in [-0.05, 0) is 25.8 Å². The van der Waals surface area contributed by atoms with Crippen LogP contribution in [0.4, 0.5) is 0 Å². The number of rotatable bonds is 7. The standard InChI is InChI=1S/C16H26O7/c1-9(2)7-8-11(21-10(3)17)12-13(14(20-6)15(18)19)23-16(4,5)22-12/h7-9,11-14H,1-6H3,(H,18,19)/b8-7+/t11-,12+,13-,14-/m1/s1. The molecular formula is C16H26O7. The highest BCUT2D eigenvalue weighted by Crippen LogP contribution is 2.34. The van der Waals surface area contributed by atoms with E-state index in [1.807, 2.05) is 19.9 Å². The summed E-state index contributed by atoms with van der Waals surface area (Å²) in [6.45, 7) is 8.59. The SMILES string of the molecule is CO[C@@H](C(=O)O)[C@@H]1OC(C)(C)O[C@H]1[C@@H](/C=C/C(C)C)OC(C)=O. The van der Waals surface area contributed by atoms with Gasteiger partial charge in [-0.15, -0.1) is 0 Å². The quantitative estimate of drug-likeness (QED) is 0.561. The highest BCUT2D eigenvalue weighted by molar-refractivity contribution is 5.73. The lowest BCUT2D eigenvalue weighted by molar-refractivity contribution is -0.173. The van der Waals surface area contributed by atoms with Gasteiger partial charge in [0.1, 0.15) is 18.3 Å². The van der Waals surface area contributed by atoms with E-state index >= 15 is 0 Å². The number of carbonyl (C=O) groups excluding carboxylic acids is 1. The van der Waals surface area contributed by atoms with Crippen LogP contribution in [0.15, 0.2) is 12.2 Å². The van der Waals surface area contributed by atoms with E-state index in [-0.39, 0.29) is 5.92 Å². The minimum absolute atomic E-state index is 0.236. The third-order valence-electron chi connectivity index (χ3n) is 3.27. The fraction of sp³-hybridized carbons (Fsp3) is 0.750. The van der Waals surface area contributed by atoms with Gasteiger partial charge >= 0.3 is 11.9 Å². The number of methoxy groups -OCH3 is 1. The average molecular weight is 330 g/mol. The van der Waals surface area contributed by atoms with E-state index in [0.29, 0.717) is 0 Å². The van der Waals surface area contributed by atoms with Crippen LogP contribution in [-0.4, -0.2) is 54.4 Å². The molecule has 1 fully saturated rings. The van der Waals surface area contributed by atoms with Crippen molar-refractivity contribution in [2.45, 2.75) is 64.8 Å². The highest BCUT2D eigenvalue weighted by Gasteiger charge is 2.51. The Morgan fingerprint density at radius 2 is 1.74 bits per heavy atom. The van der Waals surface area contributed by atoms with Crippen LogP contribution in [0.3, 0.4) is 0 Å². The predicted molar refractivity (Wildman–Crippen MR) is 81.8 cm³/mol. The van der Waals surface area contributed by atoms with Gasteiger partial charge in [-0.2, -0.15) is 0 Å². The normalized spacial score (nSPS) is 26.4. The van der Waals surface area contributed by atoms with Crippen LogP contribution in [0.1, 0.15) is 34.6 Å². The number of aliphatic carboxylic acids is 1. The minimum Gasteiger partial charge on any atom is -0.479 e. The molecule has 0 unspecified atom stereocenters. The van der Waals surface area contributed by atoms with Gasteiger partial charge in [0.25, 0.3) is 0 Å². The second-order valence-corrected chi connectivity index (χ2v) is 6.26. The van der Waals surface area contributed by atoms with Gasteiger partial charge in [-0.1, -0.05) is 19.9 Å². The Morgan fingerprint density at radius 3 is 2.17 bits per heavy atom. The summed E-state index contributed by atoms with van der Waals surface area (Å²) in [6.07, 6.45) is -0.130. The molecule has 1 saturated heterocycles. The van der Waals surface area contributed by atoms with Gasteiger partial charge in [-0.3, -0.25) is 4.79 Å². The second-order valence-electron chi connectivity index (χ2n) is 6.26. The molecule has 0 radical (unpaired) electrons. The molecule has 0 saturated carbocycles. The summed E-state index contributed by atoms with van der Waals surface area (Å²) < 4.78 is 21.8. The smallest absolute Gasteiger partial charge is 0.335 e. The number of allylic oxidation sites excluding steroid dienone is 1. The Kier molecular flexibility index (Phi) is 6.73. The monoisotopic (exact) mass is 330 g/mol. The maximum atomic E-state index is 11.4. The molecule has 23 heavy (non-hydrogen) atoms. The van der Waals surface area contributed by atoms with Gasteiger partial charge in [0.15, 0.2) is 11.9 Å². The zero-order valence-electron chi connectivity index (χ0n) is 14.4. The van der Waals surface area contributed by atoms with Crippen LogP contribution >= 0.6 is 0 Å². The minimum atomic E-state index is -1.23. The molecule has 0 aliphatic carbocycles. The van der Waals surface area contributed by atoms with E-state index in [0.717, 1.165) is 0 Å². The third-order valence-corrected chi connectivity index (χ3v) is 3.27. The number of ether oxygens (including phenoxy) is 4. The molecule has 1 heterocycles. The summed E-state index contributed by atoms with van der Waals surface area (Å²) >= 11 is 0. The van der Waals surface area contributed by atoms with Crippen LogP contribution in [0.2, 0.25) is 0 Å². The molecule has 132 valence electrons. The molecule has 0 spiro atoms. The van der Waals surface area contributed by atoms with Gasteiger partial charge in [-0.25, -0.2) is 4.79 Å². The van der Waals surface area contributed by atoms with E-state index in [1.165, 1.54) is 14.0 Å². The number of esters is 1. The molecule has 1 aliphatic heterocycles. The van der Waals surface area contributed by atoms with Crippen molar-refractivity contribution in [2.24, 2.45) is 5.92 Å². The van der Waals surface area contributed by atoms with Crippen molar-refractivity contribution in [1.29, 1.82) is 0 Å². The number of carboxylic acids is 1. The lowest BCUT2D eigenvalue weighted by atomic mass is 10.0. The number of hydrogen-bond donors (Lipinski definition) is 1. The summed E-state index contributed by atoms with van der Waals surface area (Å²) in [4.78, 5) is 22.8. The maximum absolute atomic E-state index is 11.4. The molecular weight excluding hydrogens is 304 g/mol. The first-order valence-electron chi connectivity index (χ1n) is 7.54. The van der Waals surface area contributed by atoms with E-state index in [4.69, 9.17) is 18.9 Å². The van der Waals surface area contributed by atoms with E-state index in [9.17, 15) is 14.7 Å². The summed E-state index contributed by atoms with van der Waals surface area (Å²) in [5, 5.41) is 9.32. The van der Waals surface area contributed by atoms with E-state index < -0.39 is 42.1 Å². The van der Waals surface area contributed by atoms with Gasteiger partial charge in [0.2, 0.25) is 0 Å². The van der Waals surface area contributed by atoms with Crippen molar-refractivity contribution in [1.82, 2.24) is 0 Å². The first-order chi connectivity index (χ1) is 10.6.